The van der Waals surface area contributed by atoms with E-state index in [1.54, 1.807) is 0 Å². The van der Waals surface area contributed by atoms with Gasteiger partial charge in [-0.15, -0.1) is 0 Å². The molecule has 0 saturated heterocycles. The predicted octanol–water partition coefficient (Wildman–Crippen LogP) is 2.70. The number of phenolic OH excluding ortho intramolecular Hbond substituents is 2. The van der Waals surface area contributed by atoms with Gasteiger partial charge >= 0.3 is 5.97 Å². The molecule has 12 atom stereocenters. The fourth-order valence-corrected chi connectivity index (χ4v) is 10.3. The maximum absolute atomic E-state index is 12.7. The molecule has 2 amide bonds. The van der Waals surface area contributed by atoms with Crippen LogP contribution < -0.4 is 10.6 Å². The van der Waals surface area contributed by atoms with Crippen LogP contribution in [0.3, 0.4) is 0 Å². The molecule has 11 heteroatoms. The number of phenols is 2. The molecule has 0 aromatic heterocycles. The molecule has 8 N–H and O–H groups in total. The first-order chi connectivity index (χ1) is 21.6. The summed E-state index contributed by atoms with van der Waals surface area (Å²) in [6, 6.07) is 2.63. The molecule has 11 nitrogen and oxygen atoms in total. The Morgan fingerprint density at radius 1 is 0.957 bits per heavy atom. The topological polar surface area (TPSA) is 197 Å². The van der Waals surface area contributed by atoms with Crippen molar-refractivity contribution in [3.63, 3.8) is 0 Å². The van der Waals surface area contributed by atoms with Crippen molar-refractivity contribution < 1.29 is 45.0 Å². The average molecular weight is 645 g/mol. The van der Waals surface area contributed by atoms with Gasteiger partial charge in [0, 0.05) is 12.8 Å². The van der Waals surface area contributed by atoms with E-state index in [0.717, 1.165) is 32.1 Å². The quantitative estimate of drug-likeness (QED) is 0.177. The lowest BCUT2D eigenvalue weighted by Crippen LogP contribution is -2.62. The first-order valence-corrected chi connectivity index (χ1v) is 17.0. The number of carbonyl (C=O) groups excluding carboxylic acids is 2. The number of benzene rings is 1. The first kappa shape index (κ1) is 34.4. The van der Waals surface area contributed by atoms with Crippen molar-refractivity contribution in [3.05, 3.63) is 23.8 Å². The minimum Gasteiger partial charge on any atom is -0.504 e. The average Bonchev–Trinajstić information content (AvgIpc) is 3.36. The molecule has 0 radical (unpaired) electrons. The number of hydrogen-bond acceptors (Lipinski definition) is 8. The van der Waals surface area contributed by atoms with E-state index in [-0.39, 0.29) is 89.2 Å². The van der Waals surface area contributed by atoms with Gasteiger partial charge in [-0.25, -0.2) is 4.79 Å². The fourth-order valence-electron chi connectivity index (χ4n) is 10.3. The summed E-state index contributed by atoms with van der Waals surface area (Å²) in [5.74, 6) is -1.84. The molecule has 4 aliphatic rings. The first-order valence-electron chi connectivity index (χ1n) is 17.0. The lowest BCUT2D eigenvalue weighted by atomic mass is 9.43. The smallest absolute Gasteiger partial charge is 0.326 e. The molecule has 0 bridgehead atoms. The number of aliphatic hydroxyl groups excluding tert-OH is 3. The second-order valence-electron chi connectivity index (χ2n) is 15.3. The van der Waals surface area contributed by atoms with E-state index < -0.39 is 30.1 Å². The molecule has 0 spiro atoms. The zero-order chi connectivity index (χ0) is 33.6. The van der Waals surface area contributed by atoms with Crippen molar-refractivity contribution in [3.8, 4) is 11.5 Å². The Morgan fingerprint density at radius 3 is 2.39 bits per heavy atom. The number of hydrogen-bond donors (Lipinski definition) is 8. The van der Waals surface area contributed by atoms with Crippen LogP contribution in [0.4, 0.5) is 0 Å². The standard InChI is InChI=1S/C35H52N2O9/c1-18(4-9-30(43)36-17-31(44)37-25(33(45)46)12-19-5-8-26(39)27(40)13-19)22-6-7-23-32-24(16-29(42)35(22,23)3)34(2)11-10-21(38)14-20(34)15-28(32)41/h5,8,13,18,20-25,28-29,32,38-42H,4,6-7,9-12,14-17H2,1-3H3,(H,36,43)(H,37,44)(H,45,46)/t18-,20?,21-,22?,23?,24?,25+,28-,29+,32?,34+,35-/m1/s1. The van der Waals surface area contributed by atoms with E-state index in [1.165, 1.54) is 18.2 Å². The molecule has 4 fully saturated rings. The molecule has 5 unspecified atom stereocenters. The van der Waals surface area contributed by atoms with E-state index in [4.69, 9.17) is 0 Å². The van der Waals surface area contributed by atoms with Gasteiger partial charge in [-0.05, 0) is 115 Å². The molecular weight excluding hydrogens is 592 g/mol. The molecule has 1 aromatic carbocycles. The van der Waals surface area contributed by atoms with Crippen molar-refractivity contribution in [1.82, 2.24) is 10.6 Å². The van der Waals surface area contributed by atoms with E-state index in [9.17, 15) is 45.0 Å². The number of carbonyl (C=O) groups is 3. The molecule has 0 aliphatic heterocycles. The Morgan fingerprint density at radius 2 is 1.70 bits per heavy atom. The van der Waals surface area contributed by atoms with Crippen LogP contribution in [0.2, 0.25) is 0 Å². The summed E-state index contributed by atoms with van der Waals surface area (Å²) in [6.07, 6.45) is 5.04. The van der Waals surface area contributed by atoms with Gasteiger partial charge in [0.15, 0.2) is 11.5 Å². The number of carboxylic acids is 1. The van der Waals surface area contributed by atoms with Crippen LogP contribution in [-0.2, 0) is 20.8 Å². The van der Waals surface area contributed by atoms with Gasteiger partial charge < -0.3 is 41.3 Å². The molecule has 256 valence electrons. The Bertz CT molecular complexity index is 1310. The van der Waals surface area contributed by atoms with Crippen LogP contribution in [-0.4, -0.2) is 79.3 Å². The van der Waals surface area contributed by atoms with Crippen molar-refractivity contribution in [2.75, 3.05) is 6.54 Å². The van der Waals surface area contributed by atoms with E-state index in [2.05, 4.69) is 31.4 Å². The lowest BCUT2D eigenvalue weighted by molar-refractivity contribution is -0.207. The van der Waals surface area contributed by atoms with Crippen LogP contribution in [0.25, 0.3) is 0 Å². The van der Waals surface area contributed by atoms with E-state index >= 15 is 0 Å². The van der Waals surface area contributed by atoms with Gasteiger partial charge in [-0.2, -0.15) is 0 Å². The van der Waals surface area contributed by atoms with Gasteiger partial charge in [-0.1, -0.05) is 26.8 Å². The number of aliphatic hydroxyl groups is 3. The van der Waals surface area contributed by atoms with Crippen LogP contribution in [0, 0.1) is 46.3 Å². The van der Waals surface area contributed by atoms with Crippen LogP contribution >= 0.6 is 0 Å². The summed E-state index contributed by atoms with van der Waals surface area (Å²) in [6.45, 7) is 6.24. The normalized spacial score (nSPS) is 38.0. The summed E-state index contributed by atoms with van der Waals surface area (Å²) in [5.41, 5.74) is 0.0567. The van der Waals surface area contributed by atoms with Crippen molar-refractivity contribution in [1.29, 1.82) is 0 Å². The predicted molar refractivity (Wildman–Crippen MR) is 168 cm³/mol. The Hall–Kier alpha value is -2.89. The highest BCUT2D eigenvalue weighted by molar-refractivity contribution is 5.88. The number of nitrogens with one attached hydrogen (secondary N) is 2. The lowest BCUT2D eigenvalue weighted by Gasteiger charge is -2.63. The molecule has 1 aromatic rings. The van der Waals surface area contributed by atoms with Crippen LogP contribution in [0.5, 0.6) is 11.5 Å². The Kier molecular flexibility index (Phi) is 9.97. The third-order valence-electron chi connectivity index (χ3n) is 12.9. The largest absolute Gasteiger partial charge is 0.504 e. The minimum atomic E-state index is -1.29. The van der Waals surface area contributed by atoms with E-state index in [0.29, 0.717) is 24.8 Å². The van der Waals surface area contributed by atoms with Gasteiger partial charge in [-0.3, -0.25) is 9.59 Å². The number of carboxylic acid groups (broad SMARTS) is 1. The van der Waals surface area contributed by atoms with Crippen LogP contribution in [0.15, 0.2) is 18.2 Å². The van der Waals surface area contributed by atoms with Gasteiger partial charge in [0.05, 0.1) is 24.9 Å². The molecule has 5 rings (SSSR count). The highest BCUT2D eigenvalue weighted by Crippen LogP contribution is 2.68. The highest BCUT2D eigenvalue weighted by atomic mass is 16.4. The Labute approximate surface area is 270 Å². The molecular formula is C35H52N2O9. The number of fused-ring (bicyclic) bond motifs is 5. The summed E-state index contributed by atoms with van der Waals surface area (Å²) in [7, 11) is 0. The van der Waals surface area contributed by atoms with E-state index in [1.807, 2.05) is 0 Å². The SMILES string of the molecule is C[C@H](CCC(=O)NCC(=O)N[C@@H](Cc1ccc(O)c(O)c1)C(=O)O)C1CCC2C3C(C[C@H](O)[C@@]21C)[C@@]1(C)CC[C@@H](O)CC1C[C@H]3O. The van der Waals surface area contributed by atoms with Gasteiger partial charge in [0.25, 0.3) is 0 Å². The third kappa shape index (κ3) is 6.47. The Balaban J connectivity index is 1.13. The molecule has 4 saturated carbocycles. The van der Waals surface area contributed by atoms with Crippen LogP contribution in [0.1, 0.15) is 84.1 Å². The summed E-state index contributed by atoms with van der Waals surface area (Å²) in [4.78, 5) is 36.9. The monoisotopic (exact) mass is 644 g/mol. The maximum Gasteiger partial charge on any atom is 0.326 e. The second kappa shape index (κ2) is 13.3. The number of aliphatic carboxylic acids is 1. The van der Waals surface area contributed by atoms with Crippen molar-refractivity contribution in [2.45, 2.75) is 109 Å². The molecule has 4 aliphatic carbocycles. The zero-order valence-electron chi connectivity index (χ0n) is 27.2. The third-order valence-corrected chi connectivity index (χ3v) is 12.9. The number of aromatic hydroxyl groups is 2. The highest BCUT2D eigenvalue weighted by Gasteiger charge is 2.65. The summed E-state index contributed by atoms with van der Waals surface area (Å²) >= 11 is 0. The number of rotatable bonds is 10. The summed E-state index contributed by atoms with van der Waals surface area (Å²) in [5, 5.41) is 67.3. The van der Waals surface area contributed by atoms with Gasteiger partial charge in [0.2, 0.25) is 11.8 Å². The summed E-state index contributed by atoms with van der Waals surface area (Å²) < 4.78 is 0. The molecule has 46 heavy (non-hydrogen) atoms. The minimum absolute atomic E-state index is 0.0124. The fraction of sp³-hybridized carbons (Fsp3) is 0.743. The van der Waals surface area contributed by atoms with Crippen molar-refractivity contribution in [2.24, 2.45) is 46.3 Å². The zero-order valence-corrected chi connectivity index (χ0v) is 27.2. The second-order valence-corrected chi connectivity index (χ2v) is 15.3. The number of amides is 2. The molecule has 0 heterocycles. The van der Waals surface area contributed by atoms with Crippen molar-refractivity contribution >= 4 is 17.8 Å². The maximum atomic E-state index is 12.7. The van der Waals surface area contributed by atoms with Gasteiger partial charge in [0.1, 0.15) is 6.04 Å².